The van der Waals surface area contributed by atoms with Crippen molar-refractivity contribution >= 4 is 5.69 Å². The Morgan fingerprint density at radius 1 is 1.33 bits per heavy atom. The molecular formula is C16H19N5. The average molecular weight is 281 g/mol. The maximum absolute atomic E-state index is 4.43. The van der Waals surface area contributed by atoms with E-state index in [1.54, 1.807) is 17.2 Å². The van der Waals surface area contributed by atoms with Gasteiger partial charge in [0.05, 0.1) is 5.69 Å². The van der Waals surface area contributed by atoms with Crippen LogP contribution in [-0.4, -0.2) is 25.8 Å². The molecule has 5 heteroatoms. The second-order valence-electron chi connectivity index (χ2n) is 6.09. The van der Waals surface area contributed by atoms with Crippen molar-refractivity contribution in [1.82, 2.24) is 19.7 Å². The van der Waals surface area contributed by atoms with Crippen LogP contribution in [0.3, 0.4) is 0 Å². The van der Waals surface area contributed by atoms with E-state index in [0.717, 1.165) is 23.3 Å². The summed E-state index contributed by atoms with van der Waals surface area (Å²) in [6, 6.07) is 4.44. The van der Waals surface area contributed by atoms with Crippen LogP contribution in [0.2, 0.25) is 0 Å². The van der Waals surface area contributed by atoms with Crippen LogP contribution < -0.4 is 5.32 Å². The first kappa shape index (κ1) is 12.6. The van der Waals surface area contributed by atoms with Crippen LogP contribution in [0.1, 0.15) is 19.8 Å². The number of nitrogens with one attached hydrogen (secondary N) is 1. The second-order valence-corrected chi connectivity index (χ2v) is 6.09. The molecule has 0 saturated heterocycles. The number of nitrogens with zero attached hydrogens (tertiary/aromatic N) is 4. The van der Waals surface area contributed by atoms with Gasteiger partial charge in [-0.05, 0) is 49.7 Å². The lowest BCUT2D eigenvalue weighted by molar-refractivity contribution is 0.399. The Hall–Kier alpha value is -2.17. The molecule has 0 aliphatic heterocycles. The van der Waals surface area contributed by atoms with E-state index >= 15 is 0 Å². The number of allylic oxidation sites excluding steroid dienone is 2. The number of anilines is 1. The van der Waals surface area contributed by atoms with Crippen LogP contribution in [0.5, 0.6) is 0 Å². The Labute approximate surface area is 124 Å². The van der Waals surface area contributed by atoms with Gasteiger partial charge in [-0.25, -0.2) is 14.6 Å². The average Bonchev–Trinajstić information content (AvgIpc) is 3.25. The summed E-state index contributed by atoms with van der Waals surface area (Å²) in [5.41, 5.74) is 1.02. The van der Waals surface area contributed by atoms with Crippen molar-refractivity contribution in [3.8, 4) is 5.82 Å². The molecule has 2 bridgehead atoms. The normalized spacial score (nSPS) is 28.0. The van der Waals surface area contributed by atoms with Crippen molar-refractivity contribution in [3.63, 3.8) is 0 Å². The Morgan fingerprint density at radius 3 is 3.00 bits per heavy atom. The van der Waals surface area contributed by atoms with Gasteiger partial charge in [0.25, 0.3) is 0 Å². The Morgan fingerprint density at radius 2 is 2.29 bits per heavy atom. The highest BCUT2D eigenvalue weighted by molar-refractivity contribution is 5.56. The molecule has 2 aliphatic carbocycles. The Bertz CT molecular complexity index is 648. The van der Waals surface area contributed by atoms with Crippen molar-refractivity contribution in [2.45, 2.75) is 25.8 Å². The van der Waals surface area contributed by atoms with Crippen LogP contribution in [-0.2, 0) is 0 Å². The fraction of sp³-hybridized carbons (Fsp3) is 0.438. The van der Waals surface area contributed by atoms with Gasteiger partial charge in [0.2, 0.25) is 0 Å². The van der Waals surface area contributed by atoms with Crippen LogP contribution in [0.15, 0.2) is 43.1 Å². The van der Waals surface area contributed by atoms with Crippen LogP contribution in [0, 0.1) is 17.8 Å². The number of fused-ring (bicyclic) bond motifs is 2. The number of rotatable bonds is 4. The largest absolute Gasteiger partial charge is 0.379 e. The molecule has 0 amide bonds. The fourth-order valence-corrected chi connectivity index (χ4v) is 3.76. The quantitative estimate of drug-likeness (QED) is 0.875. The first-order valence-corrected chi connectivity index (χ1v) is 7.56. The van der Waals surface area contributed by atoms with Gasteiger partial charge in [0.15, 0.2) is 5.82 Å². The van der Waals surface area contributed by atoms with Crippen molar-refractivity contribution < 1.29 is 0 Å². The zero-order valence-electron chi connectivity index (χ0n) is 12.1. The summed E-state index contributed by atoms with van der Waals surface area (Å²) in [4.78, 5) is 8.44. The first-order chi connectivity index (χ1) is 10.3. The van der Waals surface area contributed by atoms with Gasteiger partial charge in [-0.1, -0.05) is 12.2 Å². The zero-order valence-corrected chi connectivity index (χ0v) is 12.1. The summed E-state index contributed by atoms with van der Waals surface area (Å²) >= 11 is 0. The summed E-state index contributed by atoms with van der Waals surface area (Å²) in [7, 11) is 0. The predicted molar refractivity (Wildman–Crippen MR) is 81.1 cm³/mol. The third-order valence-corrected chi connectivity index (χ3v) is 4.78. The smallest absolute Gasteiger partial charge is 0.178 e. The maximum Gasteiger partial charge on any atom is 0.178 e. The van der Waals surface area contributed by atoms with Gasteiger partial charge < -0.3 is 5.32 Å². The summed E-state index contributed by atoms with van der Waals surface area (Å²) in [5.74, 6) is 3.06. The topological polar surface area (TPSA) is 55.6 Å². The second kappa shape index (κ2) is 4.98. The van der Waals surface area contributed by atoms with E-state index in [0.29, 0.717) is 12.0 Å². The molecule has 4 atom stereocenters. The van der Waals surface area contributed by atoms with Gasteiger partial charge in [-0.3, -0.25) is 0 Å². The molecule has 1 fully saturated rings. The molecular weight excluding hydrogens is 262 g/mol. The number of aromatic nitrogens is 4. The van der Waals surface area contributed by atoms with Gasteiger partial charge in [-0.15, -0.1) is 0 Å². The van der Waals surface area contributed by atoms with Crippen molar-refractivity contribution in [1.29, 1.82) is 0 Å². The molecule has 4 unspecified atom stereocenters. The van der Waals surface area contributed by atoms with E-state index in [4.69, 9.17) is 0 Å². The maximum atomic E-state index is 4.43. The summed E-state index contributed by atoms with van der Waals surface area (Å²) < 4.78 is 1.70. The molecule has 2 aromatic heterocycles. The van der Waals surface area contributed by atoms with Crippen LogP contribution in [0.4, 0.5) is 5.69 Å². The van der Waals surface area contributed by atoms with Crippen LogP contribution in [0.25, 0.3) is 5.82 Å². The Kier molecular flexibility index (Phi) is 2.98. The molecule has 4 rings (SSSR count). The molecule has 0 radical (unpaired) electrons. The summed E-state index contributed by atoms with van der Waals surface area (Å²) in [6.45, 7) is 2.28. The SMILES string of the molecule is CC(Nc1cccnc1-n1cncn1)C1CC2C=CC1C2. The van der Waals surface area contributed by atoms with Gasteiger partial charge >= 0.3 is 0 Å². The number of hydrogen-bond acceptors (Lipinski definition) is 4. The molecule has 5 nitrogen and oxygen atoms in total. The highest BCUT2D eigenvalue weighted by Crippen LogP contribution is 2.45. The van der Waals surface area contributed by atoms with E-state index < -0.39 is 0 Å². The minimum absolute atomic E-state index is 0.427. The molecule has 21 heavy (non-hydrogen) atoms. The van der Waals surface area contributed by atoms with Gasteiger partial charge in [0.1, 0.15) is 12.7 Å². The van der Waals surface area contributed by atoms with E-state index in [2.05, 4.69) is 45.5 Å². The fourth-order valence-electron chi connectivity index (χ4n) is 3.76. The monoisotopic (exact) mass is 281 g/mol. The van der Waals surface area contributed by atoms with Crippen molar-refractivity contribution in [2.75, 3.05) is 5.32 Å². The van der Waals surface area contributed by atoms with Gasteiger partial charge in [-0.2, -0.15) is 5.10 Å². The molecule has 0 aromatic carbocycles. The highest BCUT2D eigenvalue weighted by Gasteiger charge is 2.38. The Balaban J connectivity index is 1.56. The van der Waals surface area contributed by atoms with E-state index in [-0.39, 0.29) is 0 Å². The number of hydrogen-bond donors (Lipinski definition) is 1. The molecule has 2 aromatic rings. The van der Waals surface area contributed by atoms with Gasteiger partial charge in [0, 0.05) is 12.2 Å². The summed E-state index contributed by atoms with van der Waals surface area (Å²) in [5, 5.41) is 7.82. The minimum Gasteiger partial charge on any atom is -0.379 e. The third-order valence-electron chi connectivity index (χ3n) is 4.78. The lowest BCUT2D eigenvalue weighted by Gasteiger charge is -2.27. The van der Waals surface area contributed by atoms with Crippen LogP contribution >= 0.6 is 0 Å². The predicted octanol–water partition coefficient (Wildman–Crippen LogP) is 2.67. The van der Waals surface area contributed by atoms with E-state index in [9.17, 15) is 0 Å². The van der Waals surface area contributed by atoms with Crippen molar-refractivity contribution in [3.05, 3.63) is 43.1 Å². The molecule has 1 saturated carbocycles. The lowest BCUT2D eigenvalue weighted by Crippen LogP contribution is -2.29. The summed E-state index contributed by atoms with van der Waals surface area (Å²) in [6.07, 6.45) is 12.4. The minimum atomic E-state index is 0.427. The van der Waals surface area contributed by atoms with Crippen molar-refractivity contribution in [2.24, 2.45) is 17.8 Å². The zero-order chi connectivity index (χ0) is 14.2. The molecule has 2 aliphatic rings. The standard InChI is InChI=1S/C16H19N5/c1-11(14-8-12-4-5-13(14)7-12)20-15-3-2-6-18-16(15)21-10-17-9-19-21/h2-6,9-14,20H,7-8H2,1H3. The lowest BCUT2D eigenvalue weighted by atomic mass is 9.87. The molecule has 108 valence electrons. The highest BCUT2D eigenvalue weighted by atomic mass is 15.3. The number of pyridine rings is 1. The molecule has 2 heterocycles. The first-order valence-electron chi connectivity index (χ1n) is 7.56. The van der Waals surface area contributed by atoms with E-state index in [1.165, 1.54) is 19.2 Å². The third kappa shape index (κ3) is 2.22. The molecule has 0 spiro atoms. The van der Waals surface area contributed by atoms with E-state index in [1.807, 2.05) is 6.07 Å². The molecule has 1 N–H and O–H groups in total.